The molecule has 0 bridgehead atoms. The Morgan fingerprint density at radius 1 is 1.31 bits per heavy atom. The molecule has 4 heterocycles. The van der Waals surface area contributed by atoms with Gasteiger partial charge in [0, 0.05) is 37.4 Å². The third-order valence-corrected chi connectivity index (χ3v) is 8.88. The van der Waals surface area contributed by atoms with Gasteiger partial charge in [-0.3, -0.25) is 9.59 Å². The van der Waals surface area contributed by atoms with Gasteiger partial charge in [-0.25, -0.2) is 8.42 Å². The maximum atomic E-state index is 13.1. The van der Waals surface area contributed by atoms with Gasteiger partial charge >= 0.3 is 0 Å². The first kappa shape index (κ1) is 23.7. The Morgan fingerprint density at radius 2 is 2.03 bits per heavy atom. The minimum absolute atomic E-state index is 0.00864. The minimum atomic E-state index is -3.88. The Morgan fingerprint density at radius 3 is 2.62 bits per heavy atom. The van der Waals surface area contributed by atoms with E-state index in [-0.39, 0.29) is 31.5 Å². The molecule has 0 saturated carbocycles. The monoisotopic (exact) mass is 503 g/mol. The lowest BCUT2D eigenvalue weighted by atomic mass is 9.91. The predicted octanol–water partition coefficient (Wildman–Crippen LogP) is 1.60. The van der Waals surface area contributed by atoms with Crippen molar-refractivity contribution in [2.45, 2.75) is 31.1 Å². The van der Waals surface area contributed by atoms with Crippen LogP contribution in [0.1, 0.15) is 24.6 Å². The zero-order valence-electron chi connectivity index (χ0n) is 18.0. The number of piperazine rings is 1. The van der Waals surface area contributed by atoms with Gasteiger partial charge < -0.3 is 19.3 Å². The number of carbonyl (C=O) groups excluding carboxylic acids is 2. The number of sulfonamides is 1. The first-order chi connectivity index (χ1) is 15.1. The molecule has 0 aliphatic carbocycles. The highest BCUT2D eigenvalue weighted by Crippen LogP contribution is 2.43. The molecule has 3 aliphatic rings. The molecule has 0 aromatic carbocycles. The molecule has 2 amide bonds. The van der Waals surface area contributed by atoms with Crippen LogP contribution in [0.3, 0.4) is 0 Å². The Hall–Kier alpha value is -1.50. The molecule has 176 valence electrons. The van der Waals surface area contributed by atoms with Crippen molar-refractivity contribution in [3.63, 3.8) is 0 Å². The first-order valence-corrected chi connectivity index (χ1v) is 13.0. The number of hydrogen-bond donors (Lipinski definition) is 0. The van der Waals surface area contributed by atoms with Crippen LogP contribution < -0.4 is 0 Å². The maximum Gasteiger partial charge on any atom is 0.240 e. The van der Waals surface area contributed by atoms with Gasteiger partial charge in [-0.15, -0.1) is 11.3 Å². The summed E-state index contributed by atoms with van der Waals surface area (Å²) in [5.74, 6) is -0.315. The van der Waals surface area contributed by atoms with Crippen LogP contribution in [0.15, 0.2) is 17.5 Å². The lowest BCUT2D eigenvalue weighted by molar-refractivity contribution is -0.197. The Bertz CT molecular complexity index is 1030. The van der Waals surface area contributed by atoms with Gasteiger partial charge in [-0.05, 0) is 31.1 Å². The van der Waals surface area contributed by atoms with Crippen LogP contribution in [0.4, 0.5) is 0 Å². The molecule has 0 radical (unpaired) electrons. The van der Waals surface area contributed by atoms with E-state index in [9.17, 15) is 18.0 Å². The van der Waals surface area contributed by atoms with Crippen molar-refractivity contribution in [3.05, 3.63) is 26.8 Å². The van der Waals surface area contributed by atoms with Crippen LogP contribution in [0.2, 0.25) is 4.34 Å². The highest BCUT2D eigenvalue weighted by molar-refractivity contribution is 7.92. The third kappa shape index (κ3) is 4.46. The van der Waals surface area contributed by atoms with Gasteiger partial charge in [-0.2, -0.15) is 4.31 Å². The van der Waals surface area contributed by atoms with Crippen molar-refractivity contribution in [1.82, 2.24) is 14.1 Å². The standard InChI is InChI=1S/C20H26ClN3O6S2/c1-15(25)22-8-6-19(7-9-22)12-24-18(26)11-23(13-20(24,30-19)14-29-2)32(27,28)10-5-16-3-4-17(21)31-16/h3-5,10H,6-9,11-14H2,1-2H3. The summed E-state index contributed by atoms with van der Waals surface area (Å²) in [6, 6.07) is 3.42. The zero-order valence-corrected chi connectivity index (χ0v) is 20.3. The molecule has 1 aromatic heterocycles. The van der Waals surface area contributed by atoms with E-state index in [0.29, 0.717) is 41.7 Å². The van der Waals surface area contributed by atoms with E-state index < -0.39 is 21.3 Å². The van der Waals surface area contributed by atoms with Crippen molar-refractivity contribution in [3.8, 4) is 0 Å². The molecule has 3 fully saturated rings. The molecule has 1 atom stereocenters. The molecule has 32 heavy (non-hydrogen) atoms. The van der Waals surface area contributed by atoms with E-state index in [0.717, 1.165) is 9.71 Å². The lowest BCUT2D eigenvalue weighted by Crippen LogP contribution is -2.65. The number of carbonyl (C=O) groups is 2. The van der Waals surface area contributed by atoms with Crippen LogP contribution in [-0.2, 0) is 29.1 Å². The number of likely N-dealkylation sites (tertiary alicyclic amines) is 1. The molecule has 4 rings (SSSR count). The fourth-order valence-electron chi connectivity index (χ4n) is 4.63. The second-order valence-corrected chi connectivity index (χ2v) is 12.0. The van der Waals surface area contributed by atoms with Crippen LogP contribution in [0.5, 0.6) is 0 Å². The summed E-state index contributed by atoms with van der Waals surface area (Å²) in [4.78, 5) is 28.8. The first-order valence-electron chi connectivity index (χ1n) is 10.3. The number of rotatable bonds is 5. The van der Waals surface area contributed by atoms with E-state index in [4.69, 9.17) is 21.1 Å². The lowest BCUT2D eigenvalue weighted by Gasteiger charge is -2.44. The topological polar surface area (TPSA) is 96.5 Å². The molecule has 1 spiro atoms. The van der Waals surface area contributed by atoms with Gasteiger partial charge in [-0.1, -0.05) is 11.6 Å². The van der Waals surface area contributed by atoms with Gasteiger partial charge in [0.15, 0.2) is 5.72 Å². The Kier molecular flexibility index (Phi) is 6.43. The molecular weight excluding hydrogens is 478 g/mol. The third-order valence-electron chi connectivity index (χ3n) is 6.23. The van der Waals surface area contributed by atoms with Gasteiger partial charge in [0.1, 0.15) is 0 Å². The molecule has 1 unspecified atom stereocenters. The second-order valence-electron chi connectivity index (χ2n) is 8.41. The molecule has 0 N–H and O–H groups in total. The maximum absolute atomic E-state index is 13.1. The summed E-state index contributed by atoms with van der Waals surface area (Å²) in [6.45, 7) is 2.73. The minimum Gasteiger partial charge on any atom is -0.380 e. The van der Waals surface area contributed by atoms with Crippen molar-refractivity contribution in [2.24, 2.45) is 0 Å². The molecule has 1 aromatic rings. The summed E-state index contributed by atoms with van der Waals surface area (Å²) in [5, 5.41) is 1.09. The van der Waals surface area contributed by atoms with E-state index in [1.807, 2.05) is 0 Å². The van der Waals surface area contributed by atoms with Crippen molar-refractivity contribution in [2.75, 3.05) is 46.4 Å². The fourth-order valence-corrected chi connectivity index (χ4v) is 6.84. The smallest absolute Gasteiger partial charge is 0.240 e. The summed E-state index contributed by atoms with van der Waals surface area (Å²) >= 11 is 7.17. The van der Waals surface area contributed by atoms with Crippen LogP contribution in [0, 0.1) is 0 Å². The van der Waals surface area contributed by atoms with Gasteiger partial charge in [0.2, 0.25) is 21.8 Å². The normalized spacial score (nSPS) is 26.3. The molecular formula is C20H26ClN3O6S2. The summed E-state index contributed by atoms with van der Waals surface area (Å²) < 4.78 is 39.7. The quantitative estimate of drug-likeness (QED) is 0.605. The van der Waals surface area contributed by atoms with E-state index in [2.05, 4.69) is 0 Å². The number of fused-ring (bicyclic) bond motifs is 1. The largest absolute Gasteiger partial charge is 0.380 e. The number of methoxy groups -OCH3 is 1. The number of ether oxygens (including phenoxy) is 2. The van der Waals surface area contributed by atoms with Gasteiger partial charge in [0.05, 0.1) is 36.2 Å². The molecule has 12 heteroatoms. The molecule has 9 nitrogen and oxygen atoms in total. The second kappa shape index (κ2) is 8.69. The average Bonchev–Trinajstić information content (AvgIpc) is 3.28. The number of piperidine rings is 1. The van der Waals surface area contributed by atoms with Crippen molar-refractivity contribution >= 4 is 50.9 Å². The fraction of sp³-hybridized carbons (Fsp3) is 0.600. The molecule has 3 saturated heterocycles. The molecule has 3 aliphatic heterocycles. The summed E-state index contributed by atoms with van der Waals surface area (Å²) in [5.41, 5.74) is -1.82. The number of amides is 2. The average molecular weight is 504 g/mol. The van der Waals surface area contributed by atoms with Crippen LogP contribution in [-0.4, -0.2) is 92.1 Å². The zero-order chi connectivity index (χ0) is 23.1. The van der Waals surface area contributed by atoms with E-state index in [1.165, 1.54) is 31.4 Å². The summed E-state index contributed by atoms with van der Waals surface area (Å²) in [6.07, 6.45) is 2.63. The number of halogens is 1. The van der Waals surface area contributed by atoms with Crippen molar-refractivity contribution < 1.29 is 27.5 Å². The number of thiophene rings is 1. The predicted molar refractivity (Wildman–Crippen MR) is 120 cm³/mol. The summed E-state index contributed by atoms with van der Waals surface area (Å²) in [7, 11) is -2.38. The van der Waals surface area contributed by atoms with E-state index in [1.54, 1.807) is 21.9 Å². The highest BCUT2D eigenvalue weighted by atomic mass is 35.5. The number of nitrogens with zero attached hydrogens (tertiary/aromatic N) is 3. The van der Waals surface area contributed by atoms with Crippen LogP contribution >= 0.6 is 22.9 Å². The highest BCUT2D eigenvalue weighted by Gasteiger charge is 2.60. The van der Waals surface area contributed by atoms with Gasteiger partial charge in [0.25, 0.3) is 0 Å². The Labute approximate surface area is 196 Å². The SMILES string of the molecule is COCC12CN(S(=O)(=O)C=Cc3ccc(Cl)s3)CC(=O)N1CC1(CCN(C(C)=O)CC1)O2. The van der Waals surface area contributed by atoms with Crippen LogP contribution in [0.25, 0.3) is 6.08 Å². The Balaban J connectivity index is 1.56. The number of hydrogen-bond acceptors (Lipinski definition) is 7. The van der Waals surface area contributed by atoms with E-state index >= 15 is 0 Å². The van der Waals surface area contributed by atoms with Crippen molar-refractivity contribution in [1.29, 1.82) is 0 Å².